The minimum Gasteiger partial charge on any atom is -0.338 e. The van der Waals surface area contributed by atoms with E-state index in [0.29, 0.717) is 35.9 Å². The van der Waals surface area contributed by atoms with Crippen LogP contribution >= 0.6 is 11.6 Å². The first kappa shape index (κ1) is 21.2. The van der Waals surface area contributed by atoms with Crippen molar-refractivity contribution in [2.45, 2.75) is 18.9 Å². The Labute approximate surface area is 195 Å². The van der Waals surface area contributed by atoms with E-state index >= 15 is 0 Å². The molecule has 1 saturated heterocycles. The van der Waals surface area contributed by atoms with Gasteiger partial charge in [0.2, 0.25) is 0 Å². The first-order valence-corrected chi connectivity index (χ1v) is 11.1. The molecule has 2 aliphatic rings. The maximum Gasteiger partial charge on any atom is 0.323 e. The number of likely N-dealkylation sites (tertiary alicyclic amines) is 1. The van der Waals surface area contributed by atoms with Gasteiger partial charge in [-0.3, -0.25) is 14.6 Å². The second kappa shape index (κ2) is 8.71. The molecule has 8 nitrogen and oxygen atoms in total. The Kier molecular flexibility index (Phi) is 5.60. The Morgan fingerprint density at radius 3 is 2.58 bits per heavy atom. The van der Waals surface area contributed by atoms with E-state index in [2.05, 4.69) is 15.6 Å². The van der Waals surface area contributed by atoms with Gasteiger partial charge >= 0.3 is 6.03 Å². The van der Waals surface area contributed by atoms with E-state index in [1.165, 1.54) is 0 Å². The van der Waals surface area contributed by atoms with Crippen molar-refractivity contribution >= 4 is 34.9 Å². The lowest BCUT2D eigenvalue weighted by Gasteiger charge is -2.42. The summed E-state index contributed by atoms with van der Waals surface area (Å²) in [4.78, 5) is 44.3. The smallest absolute Gasteiger partial charge is 0.323 e. The molecule has 0 spiro atoms. The minimum atomic E-state index is -0.501. The molecule has 33 heavy (non-hydrogen) atoms. The zero-order chi connectivity index (χ0) is 22.9. The first-order valence-electron chi connectivity index (χ1n) is 10.7. The number of halogens is 1. The van der Waals surface area contributed by atoms with E-state index in [-0.39, 0.29) is 29.0 Å². The zero-order valence-electron chi connectivity index (χ0n) is 17.7. The Morgan fingerprint density at radius 1 is 1.00 bits per heavy atom. The average Bonchev–Trinajstić information content (AvgIpc) is 2.82. The van der Waals surface area contributed by atoms with Crippen LogP contribution in [0, 0.1) is 5.92 Å². The number of carbonyl (C=O) groups is 2. The van der Waals surface area contributed by atoms with Crippen LogP contribution in [0.1, 0.15) is 28.4 Å². The van der Waals surface area contributed by atoms with Crippen LogP contribution in [0.2, 0.25) is 5.02 Å². The summed E-state index contributed by atoms with van der Waals surface area (Å²) < 4.78 is 1.74. The highest BCUT2D eigenvalue weighted by atomic mass is 35.5. The third-order valence-corrected chi connectivity index (χ3v) is 6.40. The molecular formula is C24H22ClN5O3. The topological polar surface area (TPSA) is 96.3 Å². The van der Waals surface area contributed by atoms with E-state index in [4.69, 9.17) is 11.6 Å². The number of hydrogen-bond donors (Lipinski definition) is 2. The van der Waals surface area contributed by atoms with Crippen molar-refractivity contribution in [2.75, 3.05) is 23.7 Å². The maximum absolute atomic E-state index is 13.1. The number of piperidine rings is 1. The van der Waals surface area contributed by atoms with E-state index in [1.54, 1.807) is 59.4 Å². The van der Waals surface area contributed by atoms with Crippen molar-refractivity contribution < 1.29 is 9.59 Å². The third kappa shape index (κ3) is 4.34. The first-order chi connectivity index (χ1) is 16.0. The number of amides is 3. The third-order valence-electron chi connectivity index (χ3n) is 6.15. The molecule has 2 bridgehead atoms. The summed E-state index contributed by atoms with van der Waals surface area (Å²) in [5.41, 5.74) is 2.02. The average molecular weight is 464 g/mol. The monoisotopic (exact) mass is 463 g/mol. The molecule has 3 amide bonds. The van der Waals surface area contributed by atoms with Crippen LogP contribution in [-0.2, 0) is 6.54 Å². The molecule has 2 aromatic heterocycles. The van der Waals surface area contributed by atoms with Gasteiger partial charge in [-0.1, -0.05) is 11.6 Å². The molecule has 2 atom stereocenters. The fourth-order valence-corrected chi connectivity index (χ4v) is 4.82. The number of rotatable bonds is 3. The molecule has 4 heterocycles. The molecule has 0 radical (unpaired) electrons. The lowest BCUT2D eigenvalue weighted by atomic mass is 9.83. The fraction of sp³-hybridized carbons (Fsp3) is 0.250. The highest BCUT2D eigenvalue weighted by Crippen LogP contribution is 2.36. The van der Waals surface area contributed by atoms with E-state index < -0.39 is 6.03 Å². The molecular weight excluding hydrogens is 442 g/mol. The second-order valence-corrected chi connectivity index (χ2v) is 8.86. The summed E-state index contributed by atoms with van der Waals surface area (Å²) in [7, 11) is 0. The summed E-state index contributed by atoms with van der Waals surface area (Å²) in [5, 5.41) is 5.91. The summed E-state index contributed by atoms with van der Waals surface area (Å²) in [6.45, 7) is 1.65. The number of benzene rings is 1. The fourth-order valence-electron chi connectivity index (χ4n) is 4.70. The quantitative estimate of drug-likeness (QED) is 0.617. The molecule has 1 aromatic carbocycles. The van der Waals surface area contributed by atoms with Crippen LogP contribution in [0.5, 0.6) is 0 Å². The predicted molar refractivity (Wildman–Crippen MR) is 126 cm³/mol. The van der Waals surface area contributed by atoms with Gasteiger partial charge in [0.15, 0.2) is 0 Å². The Balaban J connectivity index is 1.32. The molecule has 0 unspecified atom stereocenters. The van der Waals surface area contributed by atoms with Crippen LogP contribution in [0.15, 0.2) is 65.7 Å². The summed E-state index contributed by atoms with van der Waals surface area (Å²) in [6.07, 6.45) is 4.16. The van der Waals surface area contributed by atoms with E-state index in [9.17, 15) is 14.4 Å². The van der Waals surface area contributed by atoms with Crippen LogP contribution < -0.4 is 16.2 Å². The number of fused-ring (bicyclic) bond motifs is 4. The van der Waals surface area contributed by atoms with Crippen LogP contribution in [-0.4, -0.2) is 39.5 Å². The van der Waals surface area contributed by atoms with Gasteiger partial charge in [-0.15, -0.1) is 0 Å². The summed E-state index contributed by atoms with van der Waals surface area (Å²) >= 11 is 5.87. The van der Waals surface area contributed by atoms with Crippen LogP contribution in [0.25, 0.3) is 0 Å². The Hall–Kier alpha value is -3.65. The Morgan fingerprint density at radius 2 is 1.82 bits per heavy atom. The van der Waals surface area contributed by atoms with Crippen molar-refractivity contribution in [3.63, 3.8) is 0 Å². The van der Waals surface area contributed by atoms with Crippen molar-refractivity contribution in [1.29, 1.82) is 0 Å². The highest BCUT2D eigenvalue weighted by molar-refractivity contribution is 6.30. The van der Waals surface area contributed by atoms with Crippen molar-refractivity contribution in [1.82, 2.24) is 14.5 Å². The van der Waals surface area contributed by atoms with Gasteiger partial charge in [-0.2, -0.15) is 0 Å². The van der Waals surface area contributed by atoms with E-state index in [0.717, 1.165) is 12.1 Å². The molecule has 0 saturated carbocycles. The summed E-state index contributed by atoms with van der Waals surface area (Å²) in [6, 6.07) is 13.2. The van der Waals surface area contributed by atoms with Crippen LogP contribution in [0.4, 0.5) is 16.2 Å². The number of urea groups is 1. The number of hydrogen-bond acceptors (Lipinski definition) is 4. The molecule has 9 heteroatoms. The van der Waals surface area contributed by atoms with Gasteiger partial charge in [0, 0.05) is 54.3 Å². The standard InChI is InChI=1S/C24H22ClN5O3/c25-18-3-5-19(6-4-18)27-24(33)28-20-7-8-21-17-10-15(13-30(21)23(20)32)12-29(14-17)22(31)16-2-1-9-26-11-16/h1-9,11,15,17H,10,12-14H2,(H2,27,28,33)/t15-,17-/m1/s1. The lowest BCUT2D eigenvalue weighted by Crippen LogP contribution is -2.49. The number of nitrogens with zero attached hydrogens (tertiary/aromatic N) is 3. The van der Waals surface area contributed by atoms with Crippen molar-refractivity contribution in [3.8, 4) is 0 Å². The van der Waals surface area contributed by atoms with Gasteiger partial charge < -0.3 is 20.1 Å². The molecule has 3 aromatic rings. The largest absolute Gasteiger partial charge is 0.338 e. The molecule has 0 aliphatic carbocycles. The molecule has 2 aliphatic heterocycles. The highest BCUT2D eigenvalue weighted by Gasteiger charge is 2.37. The number of carbonyl (C=O) groups excluding carboxylic acids is 2. The SMILES string of the molecule is O=C(Nc1ccc(Cl)cc1)Nc1ccc2n(c1=O)C[C@@H]1C[C@@H]2CN(C(=O)c2cccnc2)C1. The molecule has 5 rings (SSSR count). The molecule has 168 valence electrons. The van der Waals surface area contributed by atoms with Gasteiger partial charge in [-0.25, -0.2) is 4.79 Å². The predicted octanol–water partition coefficient (Wildman–Crippen LogP) is 3.80. The Bertz CT molecular complexity index is 1260. The maximum atomic E-state index is 13.1. The molecule has 1 fully saturated rings. The lowest BCUT2D eigenvalue weighted by molar-refractivity contribution is 0.0594. The normalized spacial score (nSPS) is 18.9. The number of nitrogens with one attached hydrogen (secondary N) is 2. The number of anilines is 2. The van der Waals surface area contributed by atoms with E-state index in [1.807, 2.05) is 11.0 Å². The van der Waals surface area contributed by atoms with Crippen molar-refractivity contribution in [3.05, 3.63) is 87.6 Å². The molecule has 2 N–H and O–H groups in total. The van der Waals surface area contributed by atoms with Gasteiger partial charge in [0.05, 0.1) is 5.56 Å². The number of aromatic nitrogens is 2. The summed E-state index contributed by atoms with van der Waals surface area (Å²) in [5.74, 6) is 0.209. The second-order valence-electron chi connectivity index (χ2n) is 8.42. The van der Waals surface area contributed by atoms with Gasteiger partial charge in [0.25, 0.3) is 11.5 Å². The zero-order valence-corrected chi connectivity index (χ0v) is 18.5. The van der Waals surface area contributed by atoms with Crippen molar-refractivity contribution in [2.24, 2.45) is 5.92 Å². The number of pyridine rings is 2. The van der Waals surface area contributed by atoms with Gasteiger partial charge in [-0.05, 0) is 60.9 Å². The van der Waals surface area contributed by atoms with Gasteiger partial charge in [0.1, 0.15) is 5.69 Å². The minimum absolute atomic E-state index is 0.0363. The van der Waals surface area contributed by atoms with Crippen LogP contribution in [0.3, 0.4) is 0 Å².